The number of nitrogens with zero attached hydrogens (tertiary/aromatic N) is 4. The van der Waals surface area contributed by atoms with E-state index in [1.807, 2.05) is 4.90 Å². The van der Waals surface area contributed by atoms with E-state index >= 15 is 0 Å². The van der Waals surface area contributed by atoms with E-state index in [0.29, 0.717) is 38.3 Å². The van der Waals surface area contributed by atoms with Gasteiger partial charge in [0.25, 0.3) is 0 Å². The van der Waals surface area contributed by atoms with Gasteiger partial charge in [0.15, 0.2) is 6.10 Å². The maximum atomic E-state index is 12.8. The zero-order valence-corrected chi connectivity index (χ0v) is 12.5. The molecule has 9 heteroatoms. The molecule has 0 spiro atoms. The molecule has 1 atom stereocenters. The molecule has 2 saturated heterocycles. The van der Waals surface area contributed by atoms with Crippen molar-refractivity contribution in [3.63, 3.8) is 0 Å². The van der Waals surface area contributed by atoms with Crippen molar-refractivity contribution >= 4 is 11.8 Å². The Morgan fingerprint density at radius 3 is 2.61 bits per heavy atom. The summed E-state index contributed by atoms with van der Waals surface area (Å²) in [4.78, 5) is 12.0. The Bertz CT molecular complexity index is 535. The fourth-order valence-corrected chi connectivity index (χ4v) is 2.79. The van der Waals surface area contributed by atoms with E-state index in [1.54, 1.807) is 12.3 Å². The first-order valence-electron chi connectivity index (χ1n) is 7.63. The molecular weight excluding hydrogens is 313 g/mol. The summed E-state index contributed by atoms with van der Waals surface area (Å²) in [6, 6.07) is 1.74. The molecule has 1 N–H and O–H groups in total. The molecule has 2 aliphatic rings. The average molecular weight is 332 g/mol. The number of rotatable bonds is 2. The number of anilines is 2. The molecule has 2 fully saturated rings. The van der Waals surface area contributed by atoms with Gasteiger partial charge in [-0.1, -0.05) is 0 Å². The zero-order chi connectivity index (χ0) is 16.4. The summed E-state index contributed by atoms with van der Waals surface area (Å²) in [6.45, 7) is 1.37. The average Bonchev–Trinajstić information content (AvgIpc) is 2.55. The van der Waals surface area contributed by atoms with E-state index < -0.39 is 12.3 Å². The molecule has 3 heterocycles. The van der Waals surface area contributed by atoms with E-state index in [4.69, 9.17) is 4.74 Å². The standard InChI is InChI=1S/C14H19F3N4O2/c15-14(16,17)11-9-21(7-8-23-11)13-18-4-1-12(19-13)20-5-2-10(22)3-6-20/h1,4,10-11,22H,2-3,5-9H2/t11-/m1/s1. The molecule has 0 radical (unpaired) electrons. The van der Waals surface area contributed by atoms with Crippen molar-refractivity contribution in [2.24, 2.45) is 0 Å². The smallest absolute Gasteiger partial charge is 0.393 e. The van der Waals surface area contributed by atoms with Crippen molar-refractivity contribution < 1.29 is 23.0 Å². The Kier molecular flexibility index (Phi) is 4.58. The van der Waals surface area contributed by atoms with Crippen molar-refractivity contribution in [2.45, 2.75) is 31.2 Å². The van der Waals surface area contributed by atoms with Gasteiger partial charge in [0.05, 0.1) is 19.3 Å². The second kappa shape index (κ2) is 6.48. The van der Waals surface area contributed by atoms with Gasteiger partial charge in [-0.2, -0.15) is 18.2 Å². The van der Waals surface area contributed by atoms with Crippen molar-refractivity contribution in [1.29, 1.82) is 0 Å². The number of morpholine rings is 1. The first kappa shape index (κ1) is 16.3. The third-order valence-corrected chi connectivity index (χ3v) is 4.13. The highest BCUT2D eigenvalue weighted by Crippen LogP contribution is 2.27. The van der Waals surface area contributed by atoms with Gasteiger partial charge >= 0.3 is 6.18 Å². The minimum Gasteiger partial charge on any atom is -0.393 e. The van der Waals surface area contributed by atoms with Gasteiger partial charge in [0, 0.05) is 25.8 Å². The lowest BCUT2D eigenvalue weighted by atomic mass is 10.1. The maximum Gasteiger partial charge on any atom is 0.416 e. The van der Waals surface area contributed by atoms with Crippen LogP contribution >= 0.6 is 0 Å². The monoisotopic (exact) mass is 332 g/mol. The zero-order valence-electron chi connectivity index (χ0n) is 12.5. The lowest BCUT2D eigenvalue weighted by Gasteiger charge is -2.35. The number of aliphatic hydroxyl groups excluding tert-OH is 1. The number of ether oxygens (including phenoxy) is 1. The predicted molar refractivity (Wildman–Crippen MR) is 77.5 cm³/mol. The van der Waals surface area contributed by atoms with E-state index in [1.165, 1.54) is 4.90 Å². The van der Waals surface area contributed by atoms with Crippen LogP contribution < -0.4 is 9.80 Å². The van der Waals surface area contributed by atoms with Crippen LogP contribution in [0.2, 0.25) is 0 Å². The van der Waals surface area contributed by atoms with Crippen LogP contribution in [0.15, 0.2) is 12.3 Å². The normalized spacial score (nSPS) is 24.1. The van der Waals surface area contributed by atoms with Crippen molar-refractivity contribution in [2.75, 3.05) is 42.6 Å². The Morgan fingerprint density at radius 2 is 1.91 bits per heavy atom. The topological polar surface area (TPSA) is 61.7 Å². The molecular formula is C14H19F3N4O2. The number of hydrogen-bond acceptors (Lipinski definition) is 6. The summed E-state index contributed by atoms with van der Waals surface area (Å²) >= 11 is 0. The summed E-state index contributed by atoms with van der Waals surface area (Å²) in [5.74, 6) is 0.961. The largest absolute Gasteiger partial charge is 0.416 e. The molecule has 3 rings (SSSR count). The number of aliphatic hydroxyl groups is 1. The van der Waals surface area contributed by atoms with Crippen LogP contribution in [0.3, 0.4) is 0 Å². The Labute approximate surface area is 131 Å². The van der Waals surface area contributed by atoms with Crippen LogP contribution in [0.25, 0.3) is 0 Å². The van der Waals surface area contributed by atoms with Gasteiger partial charge in [-0.15, -0.1) is 0 Å². The van der Waals surface area contributed by atoms with E-state index in [0.717, 1.165) is 0 Å². The van der Waals surface area contributed by atoms with E-state index in [2.05, 4.69) is 9.97 Å². The first-order chi connectivity index (χ1) is 10.9. The lowest BCUT2D eigenvalue weighted by molar-refractivity contribution is -0.221. The summed E-state index contributed by atoms with van der Waals surface area (Å²) in [5, 5.41) is 9.55. The molecule has 128 valence electrons. The van der Waals surface area contributed by atoms with Crippen LogP contribution in [0, 0.1) is 0 Å². The minimum atomic E-state index is -4.39. The number of halogens is 3. The van der Waals surface area contributed by atoms with Crippen molar-refractivity contribution in [1.82, 2.24) is 9.97 Å². The molecule has 0 aromatic carbocycles. The molecule has 1 aromatic heterocycles. The number of hydrogen-bond donors (Lipinski definition) is 1. The highest BCUT2D eigenvalue weighted by atomic mass is 19.4. The van der Waals surface area contributed by atoms with Gasteiger partial charge in [-0.05, 0) is 18.9 Å². The van der Waals surface area contributed by atoms with Crippen LogP contribution in [-0.4, -0.2) is 66.2 Å². The van der Waals surface area contributed by atoms with Crippen molar-refractivity contribution in [3.05, 3.63) is 12.3 Å². The van der Waals surface area contributed by atoms with Gasteiger partial charge in [0.1, 0.15) is 5.82 Å². The molecule has 1 aromatic rings. The molecule has 0 bridgehead atoms. The van der Waals surface area contributed by atoms with Crippen molar-refractivity contribution in [3.8, 4) is 0 Å². The molecule has 23 heavy (non-hydrogen) atoms. The third-order valence-electron chi connectivity index (χ3n) is 4.13. The highest BCUT2D eigenvalue weighted by Gasteiger charge is 2.43. The number of aromatic nitrogens is 2. The first-order valence-corrected chi connectivity index (χ1v) is 7.63. The van der Waals surface area contributed by atoms with Crippen LogP contribution in [0.4, 0.5) is 24.9 Å². The second-order valence-electron chi connectivity index (χ2n) is 5.78. The summed E-state index contributed by atoms with van der Waals surface area (Å²) in [6.07, 6.45) is -3.62. The summed E-state index contributed by atoms with van der Waals surface area (Å²) in [7, 11) is 0. The quantitative estimate of drug-likeness (QED) is 0.878. The minimum absolute atomic E-state index is 0.00628. The SMILES string of the molecule is OC1CCN(c2ccnc(N3CCO[C@@H](C(F)(F)F)C3)n2)CC1. The van der Waals surface area contributed by atoms with Gasteiger partial charge in [0.2, 0.25) is 5.95 Å². The molecule has 2 aliphatic heterocycles. The van der Waals surface area contributed by atoms with Gasteiger partial charge in [-0.25, -0.2) is 4.98 Å². The molecule has 0 saturated carbocycles. The fourth-order valence-electron chi connectivity index (χ4n) is 2.79. The second-order valence-corrected chi connectivity index (χ2v) is 5.78. The lowest BCUT2D eigenvalue weighted by Crippen LogP contribution is -2.49. The van der Waals surface area contributed by atoms with Crippen LogP contribution in [0.5, 0.6) is 0 Å². The third kappa shape index (κ3) is 3.84. The summed E-state index contributed by atoms with van der Waals surface area (Å²) in [5.41, 5.74) is 0. The summed E-state index contributed by atoms with van der Waals surface area (Å²) < 4.78 is 43.2. The molecule has 0 unspecified atom stereocenters. The molecule has 6 nitrogen and oxygen atoms in total. The van der Waals surface area contributed by atoms with E-state index in [-0.39, 0.29) is 25.2 Å². The predicted octanol–water partition coefficient (Wildman–Crippen LogP) is 1.21. The molecule has 0 aliphatic carbocycles. The number of piperidine rings is 1. The van der Waals surface area contributed by atoms with Gasteiger partial charge < -0.3 is 19.6 Å². The highest BCUT2D eigenvalue weighted by molar-refractivity contribution is 5.44. The van der Waals surface area contributed by atoms with Crippen LogP contribution in [0.1, 0.15) is 12.8 Å². The maximum absolute atomic E-state index is 12.8. The van der Waals surface area contributed by atoms with Gasteiger partial charge in [-0.3, -0.25) is 0 Å². The van der Waals surface area contributed by atoms with E-state index in [9.17, 15) is 18.3 Å². The van der Waals surface area contributed by atoms with Crippen LogP contribution in [-0.2, 0) is 4.74 Å². The Morgan fingerprint density at radius 1 is 1.17 bits per heavy atom. The Balaban J connectivity index is 1.72. The Hall–Kier alpha value is -1.61. The molecule has 0 amide bonds. The fraction of sp³-hybridized carbons (Fsp3) is 0.714. The number of alkyl halides is 3.